The molecular weight excluding hydrogens is 406 g/mol. The molecule has 9 heteroatoms. The number of primary amides is 1. The van der Waals surface area contributed by atoms with E-state index in [1.54, 1.807) is 40.3 Å². The predicted molar refractivity (Wildman–Crippen MR) is 118 cm³/mol. The molecule has 3 heterocycles. The summed E-state index contributed by atoms with van der Waals surface area (Å²) in [6.07, 6.45) is 6.03. The number of pyridine rings is 1. The Balaban J connectivity index is 1.59. The maximum Gasteiger partial charge on any atom is 0.255 e. The molecule has 1 fully saturated rings. The number of nitrogens with zero attached hydrogens (tertiary/aromatic N) is 5. The number of hydrogen-bond acceptors (Lipinski definition) is 6. The topological polar surface area (TPSA) is 130 Å². The van der Waals surface area contributed by atoms with Crippen molar-refractivity contribution in [1.82, 2.24) is 19.7 Å². The number of nitriles is 1. The van der Waals surface area contributed by atoms with Gasteiger partial charge in [0.2, 0.25) is 0 Å². The molecule has 2 amide bonds. The molecule has 0 bridgehead atoms. The van der Waals surface area contributed by atoms with Gasteiger partial charge in [0.25, 0.3) is 11.8 Å². The quantitative estimate of drug-likeness (QED) is 0.620. The van der Waals surface area contributed by atoms with Crippen molar-refractivity contribution in [3.8, 4) is 6.07 Å². The monoisotopic (exact) mass is 429 g/mol. The van der Waals surface area contributed by atoms with E-state index in [2.05, 4.69) is 21.5 Å². The second-order valence-corrected chi connectivity index (χ2v) is 7.78. The Morgan fingerprint density at radius 2 is 1.91 bits per heavy atom. The van der Waals surface area contributed by atoms with Gasteiger partial charge in [-0.3, -0.25) is 19.3 Å². The number of benzene rings is 1. The van der Waals surface area contributed by atoms with E-state index in [1.807, 2.05) is 30.3 Å². The van der Waals surface area contributed by atoms with Crippen LogP contribution >= 0.6 is 0 Å². The van der Waals surface area contributed by atoms with Gasteiger partial charge < -0.3 is 16.0 Å². The number of nitrogens with one attached hydrogen (secondary N) is 1. The van der Waals surface area contributed by atoms with Gasteiger partial charge in [-0.05, 0) is 37.1 Å². The number of amides is 2. The Bertz CT molecular complexity index is 1140. The van der Waals surface area contributed by atoms with Gasteiger partial charge in [-0.1, -0.05) is 18.2 Å². The predicted octanol–water partition coefficient (Wildman–Crippen LogP) is 2.67. The molecule has 3 N–H and O–H groups in total. The number of anilines is 2. The number of carbonyl (C=O) groups excluding carboxylic acids is 2. The third kappa shape index (κ3) is 4.16. The lowest BCUT2D eigenvalue weighted by Gasteiger charge is -2.40. The molecule has 1 aromatic carbocycles. The molecule has 32 heavy (non-hydrogen) atoms. The lowest BCUT2D eigenvalue weighted by Crippen LogP contribution is -2.48. The van der Waals surface area contributed by atoms with E-state index in [4.69, 9.17) is 5.73 Å². The number of likely N-dealkylation sites (tertiary alicyclic amines) is 1. The van der Waals surface area contributed by atoms with E-state index in [1.165, 1.54) is 0 Å². The minimum Gasteiger partial charge on any atom is -0.365 e. The lowest BCUT2D eigenvalue weighted by molar-refractivity contribution is 0.0579. The smallest absolute Gasteiger partial charge is 0.255 e. The molecule has 3 aromatic rings. The lowest BCUT2D eigenvalue weighted by atomic mass is 9.84. The Kier molecular flexibility index (Phi) is 5.85. The van der Waals surface area contributed by atoms with Crippen LogP contribution in [-0.4, -0.2) is 44.6 Å². The van der Waals surface area contributed by atoms with Gasteiger partial charge in [-0.25, -0.2) is 0 Å². The summed E-state index contributed by atoms with van der Waals surface area (Å²) in [5.74, 6) is -0.353. The second-order valence-electron chi connectivity index (χ2n) is 7.78. The summed E-state index contributed by atoms with van der Waals surface area (Å²) in [7, 11) is 0. The number of aromatic nitrogens is 3. The van der Waals surface area contributed by atoms with Crippen LogP contribution in [0.25, 0.3) is 0 Å². The van der Waals surface area contributed by atoms with Crippen LogP contribution in [0, 0.1) is 11.3 Å². The van der Waals surface area contributed by atoms with Gasteiger partial charge in [-0.15, -0.1) is 0 Å². The summed E-state index contributed by atoms with van der Waals surface area (Å²) < 4.78 is 1.67. The van der Waals surface area contributed by atoms with Crippen LogP contribution in [0.15, 0.2) is 61.1 Å². The molecule has 9 nitrogen and oxygen atoms in total. The van der Waals surface area contributed by atoms with Crippen LogP contribution in [0.5, 0.6) is 0 Å². The summed E-state index contributed by atoms with van der Waals surface area (Å²) in [6.45, 7) is 0.922. The fraction of sp³-hybridized carbons (Fsp3) is 0.261. The second kappa shape index (κ2) is 8.89. The van der Waals surface area contributed by atoms with Crippen LogP contribution < -0.4 is 11.1 Å². The molecule has 0 radical (unpaired) electrons. The number of nitrogens with two attached hydrogens (primary N) is 1. The molecule has 0 saturated carbocycles. The molecule has 4 rings (SSSR count). The summed E-state index contributed by atoms with van der Waals surface area (Å²) in [5, 5.41) is 17.3. The maximum absolute atomic E-state index is 12.8. The van der Waals surface area contributed by atoms with Crippen LogP contribution in [0.1, 0.15) is 40.0 Å². The van der Waals surface area contributed by atoms with Crippen molar-refractivity contribution >= 4 is 23.3 Å². The van der Waals surface area contributed by atoms with Gasteiger partial charge in [0.1, 0.15) is 5.56 Å². The molecule has 2 aromatic heterocycles. The molecule has 1 saturated heterocycles. The van der Waals surface area contributed by atoms with E-state index in [-0.39, 0.29) is 17.9 Å². The minimum absolute atomic E-state index is 0.0895. The van der Waals surface area contributed by atoms with E-state index < -0.39 is 11.4 Å². The van der Waals surface area contributed by atoms with Crippen molar-refractivity contribution < 1.29 is 9.59 Å². The van der Waals surface area contributed by atoms with E-state index in [0.717, 1.165) is 5.69 Å². The normalized spacial score (nSPS) is 15.0. The van der Waals surface area contributed by atoms with Crippen LogP contribution in [0.3, 0.4) is 0 Å². The van der Waals surface area contributed by atoms with Crippen LogP contribution in [0.2, 0.25) is 0 Å². The molecule has 162 valence electrons. The number of rotatable bonds is 6. The number of para-hydroxylation sites is 1. The number of hydrogen-bond donors (Lipinski definition) is 2. The molecule has 0 unspecified atom stereocenters. The minimum atomic E-state index is -0.638. The van der Waals surface area contributed by atoms with E-state index in [9.17, 15) is 14.9 Å². The summed E-state index contributed by atoms with van der Waals surface area (Å²) >= 11 is 0. The highest BCUT2D eigenvalue weighted by atomic mass is 16.2. The van der Waals surface area contributed by atoms with Crippen molar-refractivity contribution in [1.29, 1.82) is 5.26 Å². The average molecular weight is 429 g/mol. The van der Waals surface area contributed by atoms with Gasteiger partial charge >= 0.3 is 0 Å². The highest BCUT2D eigenvalue weighted by Crippen LogP contribution is 2.35. The summed E-state index contributed by atoms with van der Waals surface area (Å²) in [5.41, 5.74) is 6.51. The molecule has 1 aliphatic rings. The SMILES string of the molecule is N#CCC1(n2cc(C(N)=O)c(Nc3ccccc3)n2)CCN(C(=O)c2cccnc2)CC1. The molecule has 0 atom stereocenters. The van der Waals surface area contributed by atoms with Crippen molar-refractivity contribution in [3.63, 3.8) is 0 Å². The van der Waals surface area contributed by atoms with Crippen molar-refractivity contribution in [2.45, 2.75) is 24.8 Å². The van der Waals surface area contributed by atoms with Gasteiger partial charge in [0.05, 0.1) is 23.6 Å². The largest absolute Gasteiger partial charge is 0.365 e. The number of carbonyl (C=O) groups is 2. The summed E-state index contributed by atoms with van der Waals surface area (Å²) in [6, 6.07) is 15.1. The first-order valence-electron chi connectivity index (χ1n) is 10.3. The zero-order chi connectivity index (χ0) is 22.6. The highest BCUT2D eigenvalue weighted by Gasteiger charge is 2.39. The first-order valence-corrected chi connectivity index (χ1v) is 10.3. The first-order chi connectivity index (χ1) is 15.5. The highest BCUT2D eigenvalue weighted by molar-refractivity contribution is 5.98. The summed E-state index contributed by atoms with van der Waals surface area (Å²) in [4.78, 5) is 30.6. The van der Waals surface area contributed by atoms with Crippen molar-refractivity contribution in [2.75, 3.05) is 18.4 Å². The standard InChI is InChI=1S/C23H23N7O2/c24-11-8-23(9-13-29(14-10-23)22(32)17-5-4-12-26-15-17)30-16-19(20(25)31)21(28-30)27-18-6-2-1-3-7-18/h1-7,12,15-16H,8-10,13-14H2,(H2,25,31)(H,27,28). The van der Waals surface area contributed by atoms with E-state index in [0.29, 0.717) is 37.3 Å². The molecule has 0 spiro atoms. The fourth-order valence-corrected chi connectivity index (χ4v) is 3.98. The third-order valence-electron chi connectivity index (χ3n) is 5.80. The average Bonchev–Trinajstić information content (AvgIpc) is 3.25. The molecule has 0 aliphatic carbocycles. The Labute approximate surface area is 185 Å². The molecule has 1 aliphatic heterocycles. The van der Waals surface area contributed by atoms with Gasteiger partial charge in [-0.2, -0.15) is 10.4 Å². The van der Waals surface area contributed by atoms with Crippen LogP contribution in [0.4, 0.5) is 11.5 Å². The zero-order valence-corrected chi connectivity index (χ0v) is 17.4. The Hall–Kier alpha value is -4.19. The van der Waals surface area contributed by atoms with Crippen molar-refractivity contribution in [3.05, 3.63) is 72.2 Å². The molecular formula is C23H23N7O2. The maximum atomic E-state index is 12.8. The van der Waals surface area contributed by atoms with Gasteiger partial charge in [0.15, 0.2) is 5.82 Å². The first kappa shape index (κ1) is 21.1. The third-order valence-corrected chi connectivity index (χ3v) is 5.80. The Morgan fingerprint density at radius 3 is 2.53 bits per heavy atom. The van der Waals surface area contributed by atoms with Crippen molar-refractivity contribution in [2.24, 2.45) is 5.73 Å². The fourth-order valence-electron chi connectivity index (χ4n) is 3.98. The zero-order valence-electron chi connectivity index (χ0n) is 17.4. The number of piperidine rings is 1. The Morgan fingerprint density at radius 1 is 1.16 bits per heavy atom. The van der Waals surface area contributed by atoms with Crippen LogP contribution in [-0.2, 0) is 5.54 Å². The van der Waals surface area contributed by atoms with E-state index >= 15 is 0 Å². The van der Waals surface area contributed by atoms with Gasteiger partial charge in [0, 0.05) is 37.4 Å².